The van der Waals surface area contributed by atoms with Gasteiger partial charge in [0.15, 0.2) is 6.61 Å². The Morgan fingerprint density at radius 2 is 2.21 bits per heavy atom. The topological polar surface area (TPSA) is 90.7 Å². The second-order valence-corrected chi connectivity index (χ2v) is 5.50. The summed E-state index contributed by atoms with van der Waals surface area (Å²) in [5, 5.41) is 8.50. The van der Waals surface area contributed by atoms with E-state index in [1.807, 2.05) is 6.07 Å². The molecule has 24 heavy (non-hydrogen) atoms. The average molecular weight is 329 g/mol. The van der Waals surface area contributed by atoms with Crippen molar-refractivity contribution < 1.29 is 19.1 Å². The Kier molecular flexibility index (Phi) is 5.90. The number of hydrogen-bond acceptors (Lipinski definition) is 5. The Labute approximate surface area is 140 Å². The number of carbonyl (C=O) groups is 3. The minimum absolute atomic E-state index is 0.0369. The number of hydrogen-bond donors (Lipinski definition) is 0. The van der Waals surface area contributed by atoms with Crippen LogP contribution in [0.1, 0.15) is 29.6 Å². The number of anilines is 1. The Hall–Kier alpha value is -2.88. The van der Waals surface area contributed by atoms with Gasteiger partial charge in [0, 0.05) is 32.2 Å². The van der Waals surface area contributed by atoms with E-state index in [4.69, 9.17) is 10.00 Å². The number of nitriles is 1. The highest BCUT2D eigenvalue weighted by atomic mass is 16.5. The molecule has 7 heteroatoms. The van der Waals surface area contributed by atoms with Crippen LogP contribution in [0.3, 0.4) is 0 Å². The fourth-order valence-electron chi connectivity index (χ4n) is 2.39. The molecule has 2 amide bonds. The summed E-state index contributed by atoms with van der Waals surface area (Å²) in [4.78, 5) is 38.6. The first kappa shape index (κ1) is 17.5. The van der Waals surface area contributed by atoms with Gasteiger partial charge in [0.25, 0.3) is 5.91 Å². The third-order valence-electron chi connectivity index (χ3n) is 3.78. The van der Waals surface area contributed by atoms with Crippen LogP contribution >= 0.6 is 0 Å². The van der Waals surface area contributed by atoms with Crippen molar-refractivity contribution in [3.8, 4) is 6.07 Å². The molecule has 0 atom stereocenters. The van der Waals surface area contributed by atoms with Crippen LogP contribution in [0.5, 0.6) is 0 Å². The first-order valence-corrected chi connectivity index (χ1v) is 7.71. The van der Waals surface area contributed by atoms with Crippen LogP contribution in [0.15, 0.2) is 24.3 Å². The minimum atomic E-state index is -0.620. The lowest BCUT2D eigenvalue weighted by Gasteiger charge is -2.17. The zero-order valence-electron chi connectivity index (χ0n) is 13.5. The molecule has 1 heterocycles. The molecule has 0 unspecified atom stereocenters. The number of carbonyl (C=O) groups excluding carboxylic acids is 3. The smallest absolute Gasteiger partial charge is 0.338 e. The fourth-order valence-corrected chi connectivity index (χ4v) is 2.39. The van der Waals surface area contributed by atoms with Gasteiger partial charge in [-0.25, -0.2) is 4.79 Å². The van der Waals surface area contributed by atoms with E-state index in [-0.39, 0.29) is 24.8 Å². The van der Waals surface area contributed by atoms with E-state index < -0.39 is 5.97 Å². The number of amides is 2. The lowest BCUT2D eigenvalue weighted by molar-refractivity contribution is -0.133. The van der Waals surface area contributed by atoms with Gasteiger partial charge in [-0.1, -0.05) is 6.07 Å². The van der Waals surface area contributed by atoms with Crippen LogP contribution in [-0.4, -0.2) is 49.4 Å². The molecule has 1 aliphatic heterocycles. The molecule has 2 rings (SSSR count). The largest absolute Gasteiger partial charge is 0.452 e. The van der Waals surface area contributed by atoms with E-state index in [1.165, 1.54) is 4.90 Å². The summed E-state index contributed by atoms with van der Waals surface area (Å²) in [6.45, 7) is 0.548. The van der Waals surface area contributed by atoms with Crippen LogP contribution in [0.25, 0.3) is 0 Å². The van der Waals surface area contributed by atoms with Gasteiger partial charge in [-0.2, -0.15) is 5.26 Å². The lowest BCUT2D eigenvalue weighted by atomic mass is 10.2. The van der Waals surface area contributed by atoms with Crippen molar-refractivity contribution in [1.82, 2.24) is 4.90 Å². The molecule has 0 saturated carbocycles. The van der Waals surface area contributed by atoms with Crippen molar-refractivity contribution in [2.45, 2.75) is 19.3 Å². The molecule has 0 radical (unpaired) electrons. The molecular weight excluding hydrogens is 310 g/mol. The van der Waals surface area contributed by atoms with Gasteiger partial charge in [0.05, 0.1) is 18.1 Å². The summed E-state index contributed by atoms with van der Waals surface area (Å²) < 4.78 is 5.02. The molecule has 0 aromatic heterocycles. The second-order valence-electron chi connectivity index (χ2n) is 5.50. The summed E-state index contributed by atoms with van der Waals surface area (Å²) in [5.74, 6) is -0.954. The van der Waals surface area contributed by atoms with Crippen molar-refractivity contribution >= 4 is 23.5 Å². The first-order valence-electron chi connectivity index (χ1n) is 7.71. The van der Waals surface area contributed by atoms with Crippen molar-refractivity contribution in [1.29, 1.82) is 5.26 Å². The highest BCUT2D eigenvalue weighted by Crippen LogP contribution is 2.22. The number of benzene rings is 1. The van der Waals surface area contributed by atoms with Crippen LogP contribution in [-0.2, 0) is 14.3 Å². The van der Waals surface area contributed by atoms with Gasteiger partial charge in [0.2, 0.25) is 5.91 Å². The average Bonchev–Trinajstić information content (AvgIpc) is 3.03. The molecule has 0 spiro atoms. The van der Waals surface area contributed by atoms with Crippen LogP contribution in [0.4, 0.5) is 5.69 Å². The Balaban J connectivity index is 1.94. The van der Waals surface area contributed by atoms with Gasteiger partial charge in [-0.3, -0.25) is 9.59 Å². The molecule has 1 aromatic carbocycles. The van der Waals surface area contributed by atoms with Crippen LogP contribution < -0.4 is 4.90 Å². The SMILES string of the molecule is CN(CCC#N)C(=O)COC(=O)c1cccc(N2CCCC2=O)c1. The summed E-state index contributed by atoms with van der Waals surface area (Å²) in [5.41, 5.74) is 0.948. The van der Waals surface area contributed by atoms with Crippen LogP contribution in [0, 0.1) is 11.3 Å². The van der Waals surface area contributed by atoms with Gasteiger partial charge >= 0.3 is 5.97 Å². The maximum absolute atomic E-state index is 12.1. The highest BCUT2D eigenvalue weighted by molar-refractivity contribution is 5.97. The van der Waals surface area contributed by atoms with Gasteiger partial charge in [0.1, 0.15) is 0 Å². The summed E-state index contributed by atoms with van der Waals surface area (Å²) in [6.07, 6.45) is 1.54. The Morgan fingerprint density at radius 1 is 1.42 bits per heavy atom. The van der Waals surface area contributed by atoms with Crippen molar-refractivity contribution in [3.63, 3.8) is 0 Å². The second kappa shape index (κ2) is 8.11. The third-order valence-corrected chi connectivity index (χ3v) is 3.78. The van der Waals surface area contributed by atoms with E-state index in [1.54, 1.807) is 36.2 Å². The van der Waals surface area contributed by atoms with Crippen molar-refractivity contribution in [2.24, 2.45) is 0 Å². The zero-order valence-corrected chi connectivity index (χ0v) is 13.5. The fraction of sp³-hybridized carbons (Fsp3) is 0.412. The Morgan fingerprint density at radius 3 is 2.88 bits per heavy atom. The number of likely N-dealkylation sites (N-methyl/N-ethyl adjacent to an activating group) is 1. The lowest BCUT2D eigenvalue weighted by Crippen LogP contribution is -2.32. The first-order chi connectivity index (χ1) is 11.5. The molecule has 1 aromatic rings. The normalized spacial score (nSPS) is 13.5. The predicted molar refractivity (Wildman–Crippen MR) is 86.2 cm³/mol. The van der Waals surface area contributed by atoms with E-state index in [9.17, 15) is 14.4 Å². The minimum Gasteiger partial charge on any atom is -0.452 e. The van der Waals surface area contributed by atoms with Gasteiger partial charge < -0.3 is 14.5 Å². The molecule has 0 aliphatic carbocycles. The Bertz CT molecular complexity index is 681. The van der Waals surface area contributed by atoms with Gasteiger partial charge in [-0.15, -0.1) is 0 Å². The number of rotatable bonds is 6. The van der Waals surface area contributed by atoms with Crippen molar-refractivity contribution in [3.05, 3.63) is 29.8 Å². The number of ether oxygens (including phenoxy) is 1. The monoisotopic (exact) mass is 329 g/mol. The molecule has 126 valence electrons. The predicted octanol–water partition coefficient (Wildman–Crippen LogP) is 1.34. The molecular formula is C17H19N3O4. The van der Waals surface area contributed by atoms with E-state index in [2.05, 4.69) is 0 Å². The van der Waals surface area contributed by atoms with E-state index >= 15 is 0 Å². The van der Waals surface area contributed by atoms with Crippen LogP contribution in [0.2, 0.25) is 0 Å². The highest BCUT2D eigenvalue weighted by Gasteiger charge is 2.22. The molecule has 0 N–H and O–H groups in total. The van der Waals surface area contributed by atoms with Gasteiger partial charge in [-0.05, 0) is 24.6 Å². The van der Waals surface area contributed by atoms with E-state index in [0.717, 1.165) is 6.42 Å². The van der Waals surface area contributed by atoms with E-state index in [0.29, 0.717) is 30.8 Å². The van der Waals surface area contributed by atoms with Crippen molar-refractivity contribution in [2.75, 3.05) is 31.6 Å². The standard InChI is InChI=1S/C17H19N3O4/c1-19(9-4-8-18)16(22)12-24-17(23)13-5-2-6-14(11-13)20-10-3-7-15(20)21/h2,5-6,11H,3-4,7,9-10,12H2,1H3. The molecule has 1 saturated heterocycles. The molecule has 1 fully saturated rings. The quantitative estimate of drug-likeness (QED) is 0.735. The summed E-state index contributed by atoms with van der Waals surface area (Å²) >= 11 is 0. The maximum atomic E-state index is 12.1. The summed E-state index contributed by atoms with van der Waals surface area (Å²) in [7, 11) is 1.55. The molecule has 1 aliphatic rings. The molecule has 7 nitrogen and oxygen atoms in total. The summed E-state index contributed by atoms with van der Waals surface area (Å²) in [6, 6.07) is 8.56. The third kappa shape index (κ3) is 4.32. The number of nitrogens with zero attached hydrogens (tertiary/aromatic N) is 3. The zero-order chi connectivity index (χ0) is 17.5. The maximum Gasteiger partial charge on any atom is 0.338 e. The number of esters is 1. The molecule has 0 bridgehead atoms.